The summed E-state index contributed by atoms with van der Waals surface area (Å²) in [4.78, 5) is 28.8. The Labute approximate surface area is 171 Å². The highest BCUT2D eigenvalue weighted by Gasteiger charge is 2.31. The zero-order chi connectivity index (χ0) is 21.3. The van der Waals surface area contributed by atoms with Crippen LogP contribution in [0.15, 0.2) is 30.3 Å². The Morgan fingerprint density at radius 2 is 1.75 bits per heavy atom. The van der Waals surface area contributed by atoms with Gasteiger partial charge in [-0.3, -0.25) is 14.5 Å². The highest BCUT2D eigenvalue weighted by Crippen LogP contribution is 2.16. The lowest BCUT2D eigenvalue weighted by Gasteiger charge is -2.34. The molecule has 28 heavy (non-hydrogen) atoms. The molecule has 0 saturated heterocycles. The number of carbonyl (C=O) groups excluding carboxylic acids is 2. The summed E-state index contributed by atoms with van der Waals surface area (Å²) in [7, 11) is 1.72. The van der Waals surface area contributed by atoms with Crippen molar-refractivity contribution in [2.75, 3.05) is 27.2 Å². The molecule has 0 aliphatic carbocycles. The highest BCUT2D eigenvalue weighted by molar-refractivity contribution is 6.83. The number of hydrogen-bond acceptors (Lipinski definition) is 4. The number of rotatable bonds is 8. The van der Waals surface area contributed by atoms with Crippen LogP contribution in [0, 0.1) is 17.4 Å². The predicted octanol–water partition coefficient (Wildman–Crippen LogP) is 3.03. The predicted molar refractivity (Wildman–Crippen MR) is 116 cm³/mol. The topological polar surface area (TPSA) is 49.9 Å². The molecule has 154 valence electrons. The van der Waals surface area contributed by atoms with Gasteiger partial charge in [-0.2, -0.15) is 0 Å². The van der Waals surface area contributed by atoms with E-state index in [9.17, 15) is 9.59 Å². The van der Waals surface area contributed by atoms with Crippen molar-refractivity contribution < 1.29 is 14.3 Å². The minimum atomic E-state index is -1.55. The molecule has 1 rings (SSSR count). The number of hydrogen-bond donors (Lipinski definition) is 0. The van der Waals surface area contributed by atoms with E-state index >= 15 is 0 Å². The fourth-order valence-electron chi connectivity index (χ4n) is 2.97. The van der Waals surface area contributed by atoms with Gasteiger partial charge in [-0.15, -0.1) is 5.54 Å². The van der Waals surface area contributed by atoms with Crippen LogP contribution in [0.3, 0.4) is 0 Å². The van der Waals surface area contributed by atoms with Gasteiger partial charge in [0.1, 0.15) is 14.6 Å². The van der Waals surface area contributed by atoms with Crippen LogP contribution in [-0.2, 0) is 20.9 Å². The van der Waals surface area contributed by atoms with Gasteiger partial charge in [0.05, 0.1) is 19.7 Å². The first kappa shape index (κ1) is 23.9. The van der Waals surface area contributed by atoms with Crippen molar-refractivity contribution in [1.29, 1.82) is 0 Å². The fourth-order valence-corrected chi connectivity index (χ4v) is 3.58. The van der Waals surface area contributed by atoms with Gasteiger partial charge in [-0.05, 0) is 18.5 Å². The maximum absolute atomic E-state index is 13.3. The minimum Gasteiger partial charge on any atom is -0.468 e. The van der Waals surface area contributed by atoms with Crippen molar-refractivity contribution in [3.05, 3.63) is 35.9 Å². The molecule has 1 aromatic carbocycles. The van der Waals surface area contributed by atoms with E-state index in [0.717, 1.165) is 5.56 Å². The Bertz CT molecular complexity index is 702. The molecule has 1 aromatic rings. The molecule has 1 amide bonds. The van der Waals surface area contributed by atoms with Gasteiger partial charge in [0.25, 0.3) is 0 Å². The molecule has 0 aliphatic heterocycles. The standard InChI is InChI=1S/C22H34N2O3Si/c1-18(2)21(23(3)16-19-12-9-8-10-13-19)22(26)24(17-20(25)27-4)14-11-15-28(5,6)7/h8-10,12-13,18,21H,14,16-17H2,1-7H3. The lowest BCUT2D eigenvalue weighted by atomic mass is 10.0. The molecule has 5 nitrogen and oxygen atoms in total. The van der Waals surface area contributed by atoms with Crippen LogP contribution in [0.5, 0.6) is 0 Å². The molecular formula is C22H34N2O3Si. The molecule has 1 unspecified atom stereocenters. The monoisotopic (exact) mass is 402 g/mol. The van der Waals surface area contributed by atoms with Crippen LogP contribution in [0.1, 0.15) is 19.4 Å². The molecule has 6 heteroatoms. The SMILES string of the molecule is COC(=O)CN(CC#C[Si](C)(C)C)C(=O)C(C(C)C)N(C)Cc1ccccc1. The number of benzene rings is 1. The van der Waals surface area contributed by atoms with Crippen molar-refractivity contribution in [2.24, 2.45) is 5.92 Å². The summed E-state index contributed by atoms with van der Waals surface area (Å²) in [5, 5.41) is 0. The molecule has 0 aromatic heterocycles. The molecule has 0 saturated carbocycles. The summed E-state index contributed by atoms with van der Waals surface area (Å²) in [5.74, 6) is 2.67. The Morgan fingerprint density at radius 3 is 2.25 bits per heavy atom. The van der Waals surface area contributed by atoms with Crippen molar-refractivity contribution in [2.45, 2.75) is 46.1 Å². The summed E-state index contributed by atoms with van der Waals surface area (Å²) in [6.07, 6.45) is 0. The first-order valence-corrected chi connectivity index (χ1v) is 13.1. The average molecular weight is 403 g/mol. The lowest BCUT2D eigenvalue weighted by Crippen LogP contribution is -2.51. The van der Waals surface area contributed by atoms with Crippen molar-refractivity contribution in [1.82, 2.24) is 9.80 Å². The summed E-state index contributed by atoms with van der Waals surface area (Å²) < 4.78 is 4.79. The van der Waals surface area contributed by atoms with Crippen molar-refractivity contribution >= 4 is 20.0 Å². The number of ether oxygens (including phenoxy) is 1. The van der Waals surface area contributed by atoms with E-state index in [0.29, 0.717) is 6.54 Å². The quantitative estimate of drug-likeness (QED) is 0.381. The largest absolute Gasteiger partial charge is 0.468 e. The van der Waals surface area contributed by atoms with Gasteiger partial charge in [0.15, 0.2) is 0 Å². The second-order valence-corrected chi connectivity index (χ2v) is 13.2. The third-order valence-corrected chi connectivity index (χ3v) is 5.15. The van der Waals surface area contributed by atoms with Crippen LogP contribution in [0.4, 0.5) is 0 Å². The van der Waals surface area contributed by atoms with Gasteiger partial charge < -0.3 is 9.64 Å². The smallest absolute Gasteiger partial charge is 0.325 e. The van der Waals surface area contributed by atoms with Gasteiger partial charge in [0.2, 0.25) is 5.91 Å². The molecule has 0 aliphatic rings. The van der Waals surface area contributed by atoms with Gasteiger partial charge in [-0.25, -0.2) is 0 Å². The number of likely N-dealkylation sites (N-methyl/N-ethyl adjacent to an activating group) is 1. The Kier molecular flexibility index (Phi) is 9.43. The number of carbonyl (C=O) groups is 2. The van der Waals surface area contributed by atoms with Crippen LogP contribution in [0.25, 0.3) is 0 Å². The molecule has 0 radical (unpaired) electrons. The van der Waals surface area contributed by atoms with Crippen molar-refractivity contribution in [3.63, 3.8) is 0 Å². The van der Waals surface area contributed by atoms with E-state index < -0.39 is 14.0 Å². The second kappa shape index (κ2) is 11.0. The zero-order valence-corrected chi connectivity index (χ0v) is 19.3. The van der Waals surface area contributed by atoms with E-state index in [1.807, 2.05) is 56.1 Å². The maximum atomic E-state index is 13.3. The van der Waals surface area contributed by atoms with Gasteiger partial charge in [-0.1, -0.05) is 69.7 Å². The fraction of sp³-hybridized carbons (Fsp3) is 0.545. The summed E-state index contributed by atoms with van der Waals surface area (Å²) >= 11 is 0. The zero-order valence-electron chi connectivity index (χ0n) is 18.3. The lowest BCUT2D eigenvalue weighted by molar-refractivity contribution is -0.149. The van der Waals surface area contributed by atoms with Crippen LogP contribution in [-0.4, -0.2) is 63.0 Å². The van der Waals surface area contributed by atoms with Gasteiger partial charge >= 0.3 is 5.97 Å². The molecule has 0 fully saturated rings. The van der Waals surface area contributed by atoms with E-state index in [1.54, 1.807) is 0 Å². The Morgan fingerprint density at radius 1 is 1.14 bits per heavy atom. The molecule has 0 N–H and O–H groups in total. The van der Waals surface area contributed by atoms with Crippen LogP contribution >= 0.6 is 0 Å². The normalized spacial score (nSPS) is 12.3. The van der Waals surface area contributed by atoms with Gasteiger partial charge in [0, 0.05) is 6.54 Å². The molecular weight excluding hydrogens is 368 g/mol. The third-order valence-electron chi connectivity index (χ3n) is 4.23. The number of esters is 1. The van der Waals surface area contributed by atoms with E-state index in [1.165, 1.54) is 12.0 Å². The maximum Gasteiger partial charge on any atom is 0.325 e. The number of amides is 1. The van der Waals surface area contributed by atoms with E-state index in [4.69, 9.17) is 4.74 Å². The Balaban J connectivity index is 3.03. The molecule has 0 spiro atoms. The third kappa shape index (κ3) is 8.28. The summed E-state index contributed by atoms with van der Waals surface area (Å²) in [6, 6.07) is 9.70. The first-order chi connectivity index (χ1) is 13.0. The summed E-state index contributed by atoms with van der Waals surface area (Å²) in [5.41, 5.74) is 4.41. The Hall–Kier alpha value is -2.10. The van der Waals surface area contributed by atoms with Crippen LogP contribution in [0.2, 0.25) is 19.6 Å². The molecule has 0 heterocycles. The van der Waals surface area contributed by atoms with Crippen molar-refractivity contribution in [3.8, 4) is 11.5 Å². The minimum absolute atomic E-state index is 0.0852. The van der Waals surface area contributed by atoms with E-state index in [2.05, 4.69) is 31.1 Å². The van der Waals surface area contributed by atoms with Crippen LogP contribution < -0.4 is 0 Å². The number of methoxy groups -OCH3 is 1. The molecule has 0 bridgehead atoms. The average Bonchev–Trinajstić information content (AvgIpc) is 2.60. The summed E-state index contributed by atoms with van der Waals surface area (Å²) in [6.45, 7) is 11.3. The number of nitrogens with zero attached hydrogens (tertiary/aromatic N) is 2. The van der Waals surface area contributed by atoms with E-state index in [-0.39, 0.29) is 31.0 Å². The first-order valence-electron chi connectivity index (χ1n) is 9.65. The second-order valence-electron chi connectivity index (χ2n) is 8.41. The highest BCUT2D eigenvalue weighted by atomic mass is 28.3. The molecule has 1 atom stereocenters.